The van der Waals surface area contributed by atoms with Gasteiger partial charge in [0.25, 0.3) is 0 Å². The maximum atomic E-state index is 11.3. The van der Waals surface area contributed by atoms with Gasteiger partial charge < -0.3 is 10.1 Å². The Balaban J connectivity index is 2.16. The summed E-state index contributed by atoms with van der Waals surface area (Å²) < 4.78 is 5.11. The number of hydrogen-bond acceptors (Lipinski definition) is 6. The van der Waals surface area contributed by atoms with Crippen molar-refractivity contribution in [3.63, 3.8) is 0 Å². The van der Waals surface area contributed by atoms with Crippen molar-refractivity contribution in [1.82, 2.24) is 9.97 Å². The van der Waals surface area contributed by atoms with Gasteiger partial charge in [0.2, 0.25) is 5.91 Å². The normalized spacial score (nSPS) is 9.68. The number of thiazole rings is 1. The van der Waals surface area contributed by atoms with Gasteiger partial charge in [-0.15, -0.1) is 11.3 Å². The number of rotatable bonds is 4. The van der Waals surface area contributed by atoms with Crippen LogP contribution in [0, 0.1) is 11.3 Å². The molecule has 0 unspecified atom stereocenters. The van der Waals surface area contributed by atoms with Crippen molar-refractivity contribution < 1.29 is 9.53 Å². The Labute approximate surface area is 113 Å². The van der Waals surface area contributed by atoms with E-state index >= 15 is 0 Å². The molecule has 0 aromatic carbocycles. The number of nitrogens with zero attached hydrogens (tertiary/aromatic N) is 3. The molecule has 6 nitrogen and oxygen atoms in total. The molecule has 96 valence electrons. The average Bonchev–Trinajstić information content (AvgIpc) is 2.87. The fraction of sp³-hybridized carbons (Fsp3) is 0.167. The molecular formula is C12H10N4O2S. The molecule has 0 bridgehead atoms. The topological polar surface area (TPSA) is 87.9 Å². The largest absolute Gasteiger partial charge is 0.497 e. The lowest BCUT2D eigenvalue weighted by Crippen LogP contribution is -2.09. The van der Waals surface area contributed by atoms with Crippen molar-refractivity contribution >= 4 is 22.4 Å². The zero-order chi connectivity index (χ0) is 13.7. The van der Waals surface area contributed by atoms with Crippen molar-refractivity contribution in [3.05, 3.63) is 23.7 Å². The third-order valence-corrected chi connectivity index (χ3v) is 2.98. The molecule has 2 aromatic rings. The van der Waals surface area contributed by atoms with Crippen LogP contribution in [-0.4, -0.2) is 23.0 Å². The van der Waals surface area contributed by atoms with Gasteiger partial charge in [-0.3, -0.25) is 9.78 Å². The highest BCUT2D eigenvalue weighted by Gasteiger charge is 2.09. The summed E-state index contributed by atoms with van der Waals surface area (Å²) in [6.45, 7) is 0. The minimum atomic E-state index is -0.373. The molecule has 0 saturated heterocycles. The van der Waals surface area contributed by atoms with E-state index in [1.54, 1.807) is 36.9 Å². The highest BCUT2D eigenvalue weighted by Crippen LogP contribution is 2.25. The van der Waals surface area contributed by atoms with E-state index in [-0.39, 0.29) is 12.3 Å². The highest BCUT2D eigenvalue weighted by atomic mass is 32.1. The Kier molecular flexibility index (Phi) is 4.05. The quantitative estimate of drug-likeness (QED) is 0.922. The van der Waals surface area contributed by atoms with E-state index in [1.165, 1.54) is 11.3 Å². The first-order valence-corrected chi connectivity index (χ1v) is 6.23. The zero-order valence-corrected chi connectivity index (χ0v) is 10.9. The molecule has 0 atom stereocenters. The molecule has 0 aliphatic carbocycles. The van der Waals surface area contributed by atoms with Gasteiger partial charge in [-0.05, 0) is 6.07 Å². The predicted molar refractivity (Wildman–Crippen MR) is 70.8 cm³/mol. The molecule has 1 amide bonds. The van der Waals surface area contributed by atoms with Crippen LogP contribution in [0.1, 0.15) is 6.42 Å². The number of ether oxygens (including phenoxy) is 1. The van der Waals surface area contributed by atoms with E-state index in [4.69, 9.17) is 10.00 Å². The van der Waals surface area contributed by atoms with Gasteiger partial charge in [-0.2, -0.15) is 5.26 Å². The van der Waals surface area contributed by atoms with Crippen LogP contribution in [0.3, 0.4) is 0 Å². The number of nitriles is 1. The van der Waals surface area contributed by atoms with E-state index in [2.05, 4.69) is 15.3 Å². The predicted octanol–water partition coefficient (Wildman–Crippen LogP) is 2.07. The minimum absolute atomic E-state index is 0.188. The molecule has 0 spiro atoms. The summed E-state index contributed by atoms with van der Waals surface area (Å²) in [6.07, 6.45) is 1.44. The first-order chi connectivity index (χ1) is 9.22. The second-order valence-corrected chi connectivity index (χ2v) is 4.36. The molecule has 0 aliphatic heterocycles. The van der Waals surface area contributed by atoms with Crippen LogP contribution in [0.4, 0.5) is 5.13 Å². The van der Waals surface area contributed by atoms with Crippen molar-refractivity contribution in [3.8, 4) is 23.2 Å². The Morgan fingerprint density at radius 2 is 2.42 bits per heavy atom. The first kappa shape index (κ1) is 13.0. The molecule has 2 rings (SSSR count). The maximum absolute atomic E-state index is 11.3. The number of anilines is 1. The van der Waals surface area contributed by atoms with Crippen LogP contribution >= 0.6 is 11.3 Å². The average molecular weight is 274 g/mol. The number of aromatic nitrogens is 2. The monoisotopic (exact) mass is 274 g/mol. The summed E-state index contributed by atoms with van der Waals surface area (Å²) in [5.74, 6) is 0.315. The van der Waals surface area contributed by atoms with Crippen molar-refractivity contribution in [1.29, 1.82) is 5.26 Å². The van der Waals surface area contributed by atoms with Gasteiger partial charge in [0.05, 0.1) is 18.9 Å². The summed E-state index contributed by atoms with van der Waals surface area (Å²) in [7, 11) is 1.58. The Morgan fingerprint density at radius 3 is 3.16 bits per heavy atom. The lowest BCUT2D eigenvalue weighted by molar-refractivity contribution is -0.115. The second kappa shape index (κ2) is 5.93. The smallest absolute Gasteiger partial charge is 0.240 e. The van der Waals surface area contributed by atoms with Crippen molar-refractivity contribution in [2.45, 2.75) is 6.42 Å². The first-order valence-electron chi connectivity index (χ1n) is 5.35. The Bertz CT molecular complexity index is 633. The summed E-state index contributed by atoms with van der Waals surface area (Å²) in [5.41, 5.74) is 1.31. The summed E-state index contributed by atoms with van der Waals surface area (Å²) in [5, 5.41) is 13.2. The molecule has 0 saturated carbocycles. The number of carbonyl (C=O) groups is 1. The van der Waals surface area contributed by atoms with Gasteiger partial charge >= 0.3 is 0 Å². The van der Waals surface area contributed by atoms with Gasteiger partial charge in [0.1, 0.15) is 17.9 Å². The minimum Gasteiger partial charge on any atom is -0.497 e. The molecule has 2 aromatic heterocycles. The molecule has 0 fully saturated rings. The number of hydrogen-bond donors (Lipinski definition) is 1. The van der Waals surface area contributed by atoms with Crippen LogP contribution in [0.5, 0.6) is 5.75 Å². The molecular weight excluding hydrogens is 264 g/mol. The third kappa shape index (κ3) is 3.26. The van der Waals surface area contributed by atoms with Gasteiger partial charge in [-0.25, -0.2) is 4.98 Å². The van der Waals surface area contributed by atoms with E-state index in [0.29, 0.717) is 22.3 Å². The van der Waals surface area contributed by atoms with E-state index < -0.39 is 0 Å². The van der Waals surface area contributed by atoms with Crippen LogP contribution in [0.2, 0.25) is 0 Å². The van der Waals surface area contributed by atoms with E-state index in [0.717, 1.165) is 0 Å². The fourth-order valence-electron chi connectivity index (χ4n) is 1.36. The standard InChI is InChI=1S/C12H10N4O2S/c1-18-8-3-5-14-9(6-8)10-7-19-12(15-10)16-11(17)2-4-13/h3,5-7H,2H2,1H3,(H,15,16,17). The second-order valence-electron chi connectivity index (χ2n) is 3.50. The van der Waals surface area contributed by atoms with Gasteiger partial charge in [0, 0.05) is 17.6 Å². The molecule has 2 heterocycles. The highest BCUT2D eigenvalue weighted by molar-refractivity contribution is 7.14. The number of carbonyl (C=O) groups excluding carboxylic acids is 1. The molecule has 7 heteroatoms. The number of amides is 1. The maximum Gasteiger partial charge on any atom is 0.240 e. The fourth-order valence-corrected chi connectivity index (χ4v) is 2.08. The van der Waals surface area contributed by atoms with Crippen LogP contribution in [0.25, 0.3) is 11.4 Å². The molecule has 19 heavy (non-hydrogen) atoms. The number of pyridine rings is 1. The van der Waals surface area contributed by atoms with Gasteiger partial charge in [0.15, 0.2) is 5.13 Å². The number of methoxy groups -OCH3 is 1. The summed E-state index contributed by atoms with van der Waals surface area (Å²) in [4.78, 5) is 19.7. The van der Waals surface area contributed by atoms with Crippen molar-refractivity contribution in [2.75, 3.05) is 12.4 Å². The third-order valence-electron chi connectivity index (χ3n) is 2.22. The lowest BCUT2D eigenvalue weighted by Gasteiger charge is -2.00. The lowest BCUT2D eigenvalue weighted by atomic mass is 10.3. The molecule has 1 N–H and O–H groups in total. The Hall–Kier alpha value is -2.46. The van der Waals surface area contributed by atoms with Crippen LogP contribution < -0.4 is 10.1 Å². The zero-order valence-electron chi connectivity index (χ0n) is 10.1. The van der Waals surface area contributed by atoms with Crippen LogP contribution in [-0.2, 0) is 4.79 Å². The summed E-state index contributed by atoms with van der Waals surface area (Å²) >= 11 is 1.28. The van der Waals surface area contributed by atoms with E-state index in [1.807, 2.05) is 0 Å². The van der Waals surface area contributed by atoms with Crippen molar-refractivity contribution in [2.24, 2.45) is 0 Å². The molecule has 0 radical (unpaired) electrons. The number of nitrogens with one attached hydrogen (secondary N) is 1. The van der Waals surface area contributed by atoms with E-state index in [9.17, 15) is 4.79 Å². The Morgan fingerprint density at radius 1 is 1.58 bits per heavy atom. The summed E-state index contributed by atoms with van der Waals surface area (Å²) in [6, 6.07) is 5.28. The molecule has 0 aliphatic rings. The van der Waals surface area contributed by atoms with Crippen LogP contribution in [0.15, 0.2) is 23.7 Å². The van der Waals surface area contributed by atoms with Gasteiger partial charge in [-0.1, -0.05) is 0 Å². The SMILES string of the molecule is COc1ccnc(-c2csc(NC(=O)CC#N)n2)c1.